The first-order chi connectivity index (χ1) is 14.0. The van der Waals surface area contributed by atoms with E-state index >= 15 is 0 Å². The largest absolute Gasteiger partial charge is 0.477 e. The van der Waals surface area contributed by atoms with Crippen molar-refractivity contribution in [1.29, 1.82) is 0 Å². The molecule has 4 heterocycles. The Hall–Kier alpha value is -3.22. The van der Waals surface area contributed by atoms with Gasteiger partial charge in [-0.05, 0) is 24.8 Å². The van der Waals surface area contributed by atoms with Crippen molar-refractivity contribution >= 4 is 5.97 Å². The second kappa shape index (κ2) is 6.40. The summed E-state index contributed by atoms with van der Waals surface area (Å²) >= 11 is 0. The molecule has 1 fully saturated rings. The number of carboxylic acid groups (broad SMARTS) is 1. The predicted molar refractivity (Wildman–Crippen MR) is 108 cm³/mol. The lowest BCUT2D eigenvalue weighted by molar-refractivity contribution is 0.0694. The predicted octanol–water partition coefficient (Wildman–Crippen LogP) is 3.56. The Balaban J connectivity index is 1.83. The molecule has 0 saturated heterocycles. The molecule has 3 aromatic heterocycles. The molecule has 1 aliphatic heterocycles. The standard InChI is InChI=1S/C22H22N4O3/c1-12(2)17-11-26-21(16-8-18(27)15(22(28)29)10-25(16)17)19(14-4-3-7-23-9-14)20(24-26)13-5-6-13/h3-4,7-10,12-13,17H,5-6,11H2,1-2H3,(H,28,29)/t17-/m0/s1. The van der Waals surface area contributed by atoms with Crippen LogP contribution < -0.4 is 5.43 Å². The third-order valence-corrected chi connectivity index (χ3v) is 5.93. The van der Waals surface area contributed by atoms with Crippen LogP contribution in [0.25, 0.3) is 22.5 Å². The minimum Gasteiger partial charge on any atom is -0.477 e. The van der Waals surface area contributed by atoms with E-state index in [0.29, 0.717) is 12.5 Å². The molecule has 0 amide bonds. The summed E-state index contributed by atoms with van der Waals surface area (Å²) in [5.74, 6) is -0.515. The molecule has 0 unspecified atom stereocenters. The van der Waals surface area contributed by atoms with E-state index in [1.54, 1.807) is 6.20 Å². The molecule has 7 heteroatoms. The molecule has 5 rings (SSSR count). The average Bonchev–Trinajstić information content (AvgIpc) is 3.47. The molecule has 2 aliphatic rings. The second-order valence-corrected chi connectivity index (χ2v) is 8.27. The van der Waals surface area contributed by atoms with E-state index in [1.807, 2.05) is 27.6 Å². The number of hydrogen-bond acceptors (Lipinski definition) is 4. The molecule has 3 aromatic rings. The van der Waals surface area contributed by atoms with Crippen LogP contribution in [0.2, 0.25) is 0 Å². The van der Waals surface area contributed by atoms with Gasteiger partial charge in [-0.1, -0.05) is 19.9 Å². The lowest BCUT2D eigenvalue weighted by Gasteiger charge is -2.32. The Bertz CT molecular complexity index is 1170. The maximum absolute atomic E-state index is 12.6. The first-order valence-corrected chi connectivity index (χ1v) is 9.96. The minimum atomic E-state index is -1.20. The molecule has 0 radical (unpaired) electrons. The van der Waals surface area contributed by atoms with Gasteiger partial charge in [-0.3, -0.25) is 14.5 Å². The number of nitrogens with zero attached hydrogens (tertiary/aromatic N) is 4. The van der Waals surface area contributed by atoms with Crippen LogP contribution in [0.15, 0.2) is 41.6 Å². The van der Waals surface area contributed by atoms with Crippen LogP contribution in [0.4, 0.5) is 0 Å². The van der Waals surface area contributed by atoms with Crippen molar-refractivity contribution in [2.75, 3.05) is 0 Å². The smallest absolute Gasteiger partial charge is 0.341 e. The Morgan fingerprint density at radius 2 is 2.10 bits per heavy atom. The van der Waals surface area contributed by atoms with Gasteiger partial charge >= 0.3 is 5.97 Å². The van der Waals surface area contributed by atoms with E-state index in [9.17, 15) is 14.7 Å². The van der Waals surface area contributed by atoms with Crippen LogP contribution in [0.3, 0.4) is 0 Å². The number of rotatable bonds is 4. The monoisotopic (exact) mass is 390 g/mol. The van der Waals surface area contributed by atoms with Gasteiger partial charge in [0.2, 0.25) is 0 Å². The highest BCUT2D eigenvalue weighted by atomic mass is 16.4. The van der Waals surface area contributed by atoms with Crippen molar-refractivity contribution in [2.45, 2.75) is 45.2 Å². The summed E-state index contributed by atoms with van der Waals surface area (Å²) in [4.78, 5) is 28.4. The van der Waals surface area contributed by atoms with Gasteiger partial charge in [-0.25, -0.2) is 4.79 Å². The molecule has 1 N–H and O–H groups in total. The summed E-state index contributed by atoms with van der Waals surface area (Å²) in [6.07, 6.45) is 7.30. The Labute approximate surface area is 167 Å². The summed E-state index contributed by atoms with van der Waals surface area (Å²) in [6.45, 7) is 4.85. The fraction of sp³-hybridized carbons (Fsp3) is 0.364. The number of carbonyl (C=O) groups is 1. The summed E-state index contributed by atoms with van der Waals surface area (Å²) in [6, 6.07) is 5.39. The van der Waals surface area contributed by atoms with Crippen molar-refractivity contribution in [3.8, 4) is 22.5 Å². The molecular weight excluding hydrogens is 368 g/mol. The summed E-state index contributed by atoms with van der Waals surface area (Å²) in [5, 5.41) is 14.4. The molecule has 29 heavy (non-hydrogen) atoms. The molecule has 7 nitrogen and oxygen atoms in total. The van der Waals surface area contributed by atoms with Crippen molar-refractivity contribution in [2.24, 2.45) is 5.92 Å². The second-order valence-electron chi connectivity index (χ2n) is 8.27. The zero-order chi connectivity index (χ0) is 20.3. The normalized spacial score (nSPS) is 17.8. The molecule has 0 aromatic carbocycles. The van der Waals surface area contributed by atoms with E-state index in [4.69, 9.17) is 5.10 Å². The van der Waals surface area contributed by atoms with Gasteiger partial charge < -0.3 is 9.67 Å². The SMILES string of the molecule is CC(C)[C@@H]1Cn2nc(C3CC3)c(-c3cccnc3)c2-c2cc(=O)c(C(=O)O)cn21. The Morgan fingerprint density at radius 1 is 1.31 bits per heavy atom. The van der Waals surface area contributed by atoms with Crippen molar-refractivity contribution in [1.82, 2.24) is 19.3 Å². The van der Waals surface area contributed by atoms with Gasteiger partial charge in [0.05, 0.1) is 29.7 Å². The maximum Gasteiger partial charge on any atom is 0.341 e. The molecule has 0 spiro atoms. The average molecular weight is 390 g/mol. The zero-order valence-electron chi connectivity index (χ0n) is 16.4. The first-order valence-electron chi connectivity index (χ1n) is 9.96. The highest BCUT2D eigenvalue weighted by Gasteiger charge is 2.37. The van der Waals surface area contributed by atoms with Gasteiger partial charge in [0.15, 0.2) is 5.43 Å². The fourth-order valence-electron chi connectivity index (χ4n) is 4.28. The number of carboxylic acids is 1. The highest BCUT2D eigenvalue weighted by Crippen LogP contribution is 2.48. The molecule has 148 valence electrons. The maximum atomic E-state index is 12.6. The van der Waals surface area contributed by atoms with E-state index in [-0.39, 0.29) is 17.5 Å². The van der Waals surface area contributed by atoms with Crippen molar-refractivity contribution in [3.05, 3.63) is 58.3 Å². The van der Waals surface area contributed by atoms with Crippen LogP contribution in [-0.2, 0) is 6.54 Å². The van der Waals surface area contributed by atoms with Crippen LogP contribution in [-0.4, -0.2) is 30.4 Å². The van der Waals surface area contributed by atoms with Crippen LogP contribution in [0.5, 0.6) is 0 Å². The molecule has 1 saturated carbocycles. The van der Waals surface area contributed by atoms with Crippen LogP contribution in [0.1, 0.15) is 54.7 Å². The number of pyridine rings is 2. The number of fused-ring (bicyclic) bond motifs is 3. The van der Waals surface area contributed by atoms with Crippen molar-refractivity contribution in [3.63, 3.8) is 0 Å². The lowest BCUT2D eigenvalue weighted by atomic mass is 9.95. The van der Waals surface area contributed by atoms with Gasteiger partial charge in [-0.15, -0.1) is 0 Å². The zero-order valence-corrected chi connectivity index (χ0v) is 16.4. The van der Waals surface area contributed by atoms with Gasteiger partial charge in [0, 0.05) is 41.7 Å². The topological polar surface area (TPSA) is 90.0 Å². The van der Waals surface area contributed by atoms with Gasteiger partial charge in [-0.2, -0.15) is 5.10 Å². The Kier molecular flexibility index (Phi) is 3.94. The molecular formula is C22H22N4O3. The third-order valence-electron chi connectivity index (χ3n) is 5.93. The summed E-state index contributed by atoms with van der Waals surface area (Å²) in [7, 11) is 0. The van der Waals surface area contributed by atoms with Crippen LogP contribution in [0, 0.1) is 5.92 Å². The van der Waals surface area contributed by atoms with E-state index in [2.05, 4.69) is 18.8 Å². The van der Waals surface area contributed by atoms with Gasteiger partial charge in [0.25, 0.3) is 0 Å². The van der Waals surface area contributed by atoms with Crippen LogP contribution >= 0.6 is 0 Å². The summed E-state index contributed by atoms with van der Waals surface area (Å²) in [5.41, 5.74) is 3.97. The van der Waals surface area contributed by atoms with E-state index in [0.717, 1.165) is 41.1 Å². The minimum absolute atomic E-state index is 0.0184. The summed E-state index contributed by atoms with van der Waals surface area (Å²) < 4.78 is 3.97. The van der Waals surface area contributed by atoms with Gasteiger partial charge in [0.1, 0.15) is 5.56 Å². The number of aromatic nitrogens is 4. The van der Waals surface area contributed by atoms with E-state index in [1.165, 1.54) is 12.3 Å². The number of hydrogen-bond donors (Lipinski definition) is 1. The van der Waals surface area contributed by atoms with Crippen molar-refractivity contribution < 1.29 is 9.90 Å². The third kappa shape index (κ3) is 2.80. The quantitative estimate of drug-likeness (QED) is 0.736. The van der Waals surface area contributed by atoms with E-state index < -0.39 is 11.4 Å². The lowest BCUT2D eigenvalue weighted by Crippen LogP contribution is -2.31. The Morgan fingerprint density at radius 3 is 2.72 bits per heavy atom. The fourth-order valence-corrected chi connectivity index (χ4v) is 4.28. The number of aromatic carboxylic acids is 1. The highest BCUT2D eigenvalue weighted by molar-refractivity contribution is 5.88. The molecule has 1 atom stereocenters. The molecule has 0 bridgehead atoms. The first kappa shape index (κ1) is 17.8. The molecule has 1 aliphatic carbocycles.